The number of sulfonamides is 1. The van der Waals surface area contributed by atoms with Crippen molar-refractivity contribution in [1.29, 1.82) is 0 Å². The lowest BCUT2D eigenvalue weighted by atomic mass is 10.1. The molecule has 0 aliphatic heterocycles. The summed E-state index contributed by atoms with van der Waals surface area (Å²) < 4.78 is 34.0. The normalized spacial score (nSPS) is 11.2. The van der Waals surface area contributed by atoms with Crippen molar-refractivity contribution >= 4 is 15.9 Å². The molecule has 2 heterocycles. The summed E-state index contributed by atoms with van der Waals surface area (Å²) in [4.78, 5) is 21.9. The molecule has 0 saturated carbocycles. The molecule has 0 atom stereocenters. The number of amides is 1. The third-order valence-corrected chi connectivity index (χ3v) is 7.08. The van der Waals surface area contributed by atoms with Crippen molar-refractivity contribution in [2.45, 2.75) is 45.6 Å². The first-order valence-electron chi connectivity index (χ1n) is 11.9. The van der Waals surface area contributed by atoms with Crippen molar-refractivity contribution in [3.05, 3.63) is 112 Å². The smallest absolute Gasteiger partial charge is 0.281 e. The van der Waals surface area contributed by atoms with E-state index >= 15 is 0 Å². The van der Waals surface area contributed by atoms with E-state index in [2.05, 4.69) is 14.7 Å². The van der Waals surface area contributed by atoms with Crippen molar-refractivity contribution in [3.63, 3.8) is 0 Å². The van der Waals surface area contributed by atoms with Crippen LogP contribution < -0.4 is 9.46 Å². The minimum Gasteiger partial charge on any atom is -0.438 e. The molecule has 37 heavy (non-hydrogen) atoms. The molecule has 1 N–H and O–H groups in total. The number of aromatic nitrogens is 2. The Hall–Kier alpha value is -4.04. The highest BCUT2D eigenvalue weighted by atomic mass is 32.2. The van der Waals surface area contributed by atoms with Gasteiger partial charge >= 0.3 is 0 Å². The van der Waals surface area contributed by atoms with Crippen molar-refractivity contribution in [2.24, 2.45) is 0 Å². The van der Waals surface area contributed by atoms with Gasteiger partial charge in [-0.05, 0) is 81.5 Å². The summed E-state index contributed by atoms with van der Waals surface area (Å²) in [5, 5.41) is -0.235. The van der Waals surface area contributed by atoms with E-state index in [0.717, 1.165) is 34.4 Å². The molecule has 0 aliphatic carbocycles. The van der Waals surface area contributed by atoms with Crippen molar-refractivity contribution < 1.29 is 20.8 Å². The Labute approximate surface area is 220 Å². The van der Waals surface area contributed by atoms with Crippen LogP contribution in [0.4, 0.5) is 0 Å². The molecule has 2 aromatic carbocycles. The zero-order chi connectivity index (χ0) is 26.6. The zero-order valence-electron chi connectivity index (χ0n) is 21.3. The maximum atomic E-state index is 13.2. The number of carbonyl (C=O) groups excluding carboxylic acids is 1. The maximum absolute atomic E-state index is 13.2. The van der Waals surface area contributed by atoms with Crippen LogP contribution in [0.3, 0.4) is 0 Å². The van der Waals surface area contributed by atoms with Crippen LogP contribution in [0.25, 0.3) is 0 Å². The fourth-order valence-corrected chi connectivity index (χ4v) is 5.09. The summed E-state index contributed by atoms with van der Waals surface area (Å²) in [5.74, 6) is -0.219. The number of rotatable bonds is 8. The molecule has 0 aliphatic rings. The SMILES string of the molecule is Cc1cc(C)c(Oc2nc(CCc3ccccc3)ccc2C(=O)NS(=O)(=O)c2cccc(C)n2)c(C)c1.[HH].[HH]. The molecule has 7 nitrogen and oxygen atoms in total. The topological polar surface area (TPSA) is 98.2 Å². The standard InChI is InChI=1S/C29H29N3O4S.2H2/c1-19-17-20(2)27(21(3)18-19)36-29-25(16-15-24(31-29)14-13-23-10-6-5-7-11-23)28(33)32-37(34,35)26-12-8-9-22(4)30-26;;/h5-12,15-18H,13-14H2,1-4H3,(H,32,33);2*1H. The fraction of sp³-hybridized carbons (Fsp3) is 0.207. The highest BCUT2D eigenvalue weighted by Crippen LogP contribution is 2.31. The third kappa shape index (κ3) is 6.40. The Morgan fingerprint density at radius 1 is 0.865 bits per heavy atom. The molecular weight excluding hydrogens is 486 g/mol. The molecule has 0 unspecified atom stereocenters. The monoisotopic (exact) mass is 519 g/mol. The van der Waals surface area contributed by atoms with E-state index in [-0.39, 0.29) is 19.3 Å². The van der Waals surface area contributed by atoms with E-state index < -0.39 is 15.9 Å². The minimum absolute atomic E-state index is 0. The van der Waals surface area contributed by atoms with Crippen molar-refractivity contribution in [2.75, 3.05) is 0 Å². The first-order valence-corrected chi connectivity index (χ1v) is 13.4. The van der Waals surface area contributed by atoms with Crippen molar-refractivity contribution in [3.8, 4) is 11.6 Å². The number of benzene rings is 2. The van der Waals surface area contributed by atoms with Crippen LogP contribution >= 0.6 is 0 Å². The Morgan fingerprint density at radius 3 is 2.24 bits per heavy atom. The van der Waals surface area contributed by atoms with Gasteiger partial charge in [0, 0.05) is 14.2 Å². The fourth-order valence-electron chi connectivity index (χ4n) is 4.11. The van der Waals surface area contributed by atoms with Gasteiger partial charge in [0.25, 0.3) is 15.9 Å². The second-order valence-corrected chi connectivity index (χ2v) is 10.7. The molecule has 4 aromatic rings. The molecule has 0 spiro atoms. The minimum atomic E-state index is -4.19. The molecule has 4 rings (SSSR count). The number of aryl methyl sites for hydroxylation is 6. The Bertz CT molecular complexity index is 1540. The molecule has 194 valence electrons. The van der Waals surface area contributed by atoms with Crippen LogP contribution in [0.15, 0.2) is 77.8 Å². The maximum Gasteiger partial charge on any atom is 0.281 e. The van der Waals surface area contributed by atoms with E-state index in [9.17, 15) is 13.2 Å². The van der Waals surface area contributed by atoms with Gasteiger partial charge in [-0.15, -0.1) is 0 Å². The molecule has 0 fully saturated rings. The van der Waals surface area contributed by atoms with E-state index in [1.165, 1.54) is 6.07 Å². The lowest BCUT2D eigenvalue weighted by Gasteiger charge is -2.16. The van der Waals surface area contributed by atoms with Crippen LogP contribution in [-0.4, -0.2) is 24.3 Å². The number of ether oxygens (including phenoxy) is 1. The number of hydrogen-bond acceptors (Lipinski definition) is 6. The molecule has 1 amide bonds. The molecule has 0 saturated heterocycles. The van der Waals surface area contributed by atoms with Gasteiger partial charge in [-0.3, -0.25) is 4.79 Å². The van der Waals surface area contributed by atoms with Gasteiger partial charge in [-0.25, -0.2) is 14.7 Å². The summed E-state index contributed by atoms with van der Waals surface area (Å²) in [6.07, 6.45) is 1.38. The number of nitrogens with one attached hydrogen (secondary N) is 1. The number of hydrogen-bond donors (Lipinski definition) is 1. The summed E-state index contributed by atoms with van der Waals surface area (Å²) in [7, 11) is -4.19. The predicted octanol–water partition coefficient (Wildman–Crippen LogP) is 5.90. The summed E-state index contributed by atoms with van der Waals surface area (Å²) in [5.41, 5.74) is 5.28. The largest absolute Gasteiger partial charge is 0.438 e. The molecular formula is C29H33N3O4S. The van der Waals surface area contributed by atoms with Gasteiger partial charge in [0.15, 0.2) is 5.03 Å². The second-order valence-electron chi connectivity index (χ2n) is 9.02. The summed E-state index contributed by atoms with van der Waals surface area (Å²) >= 11 is 0. The van der Waals surface area contributed by atoms with Gasteiger partial charge in [0.2, 0.25) is 5.88 Å². The zero-order valence-corrected chi connectivity index (χ0v) is 22.1. The predicted molar refractivity (Wildman–Crippen MR) is 147 cm³/mol. The highest BCUT2D eigenvalue weighted by molar-refractivity contribution is 7.90. The molecule has 2 aromatic heterocycles. The summed E-state index contributed by atoms with van der Waals surface area (Å²) in [6.45, 7) is 7.51. The van der Waals surface area contributed by atoms with Crippen molar-refractivity contribution in [1.82, 2.24) is 14.7 Å². The van der Waals surface area contributed by atoms with Crippen LogP contribution in [0, 0.1) is 27.7 Å². The van der Waals surface area contributed by atoms with Gasteiger partial charge in [0.05, 0.1) is 0 Å². The Balaban J connectivity index is 0.00000267. The number of carbonyl (C=O) groups is 1. The van der Waals surface area contributed by atoms with Crippen LogP contribution in [0.5, 0.6) is 11.6 Å². The Morgan fingerprint density at radius 2 is 1.57 bits per heavy atom. The molecule has 0 radical (unpaired) electrons. The summed E-state index contributed by atoms with van der Waals surface area (Å²) in [6, 6.07) is 21.8. The molecule has 8 heteroatoms. The van der Waals surface area contributed by atoms with Crippen LogP contribution in [-0.2, 0) is 22.9 Å². The lowest BCUT2D eigenvalue weighted by Crippen LogP contribution is -2.31. The first-order chi connectivity index (χ1) is 17.6. The highest BCUT2D eigenvalue weighted by Gasteiger charge is 2.24. The third-order valence-electron chi connectivity index (χ3n) is 5.84. The van der Waals surface area contributed by atoms with Crippen LogP contribution in [0.1, 0.15) is 46.9 Å². The van der Waals surface area contributed by atoms with Gasteiger partial charge in [0.1, 0.15) is 11.3 Å². The quantitative estimate of drug-likeness (QED) is 0.311. The van der Waals surface area contributed by atoms with Crippen LogP contribution in [0.2, 0.25) is 0 Å². The van der Waals surface area contributed by atoms with E-state index in [1.807, 2.05) is 63.2 Å². The second kappa shape index (κ2) is 10.9. The number of nitrogens with zero attached hydrogens (tertiary/aromatic N) is 2. The molecule has 0 bridgehead atoms. The number of pyridine rings is 2. The lowest BCUT2D eigenvalue weighted by molar-refractivity contribution is 0.0978. The first kappa shape index (κ1) is 26.0. The van der Waals surface area contributed by atoms with Gasteiger partial charge in [-0.1, -0.05) is 54.1 Å². The Kier molecular flexibility index (Phi) is 7.69. The van der Waals surface area contributed by atoms with E-state index in [4.69, 9.17) is 4.74 Å². The van der Waals surface area contributed by atoms with Gasteiger partial charge in [-0.2, -0.15) is 8.42 Å². The average Bonchev–Trinajstić information content (AvgIpc) is 2.85. The van der Waals surface area contributed by atoms with E-state index in [0.29, 0.717) is 17.9 Å². The average molecular weight is 520 g/mol. The van der Waals surface area contributed by atoms with E-state index in [1.54, 1.807) is 31.2 Å². The van der Waals surface area contributed by atoms with Gasteiger partial charge < -0.3 is 4.74 Å².